The van der Waals surface area contributed by atoms with Gasteiger partial charge in [0, 0.05) is 18.8 Å². The summed E-state index contributed by atoms with van der Waals surface area (Å²) in [5.41, 5.74) is 2.12. The van der Waals surface area contributed by atoms with Gasteiger partial charge in [0.25, 0.3) is 0 Å². The minimum absolute atomic E-state index is 0.155. The zero-order valence-corrected chi connectivity index (χ0v) is 18.5. The first kappa shape index (κ1) is 23.1. The molecule has 0 bridgehead atoms. The summed E-state index contributed by atoms with van der Waals surface area (Å²) in [6, 6.07) is 16.8. The Morgan fingerprint density at radius 3 is 2.34 bits per heavy atom. The monoisotopic (exact) mass is 434 g/mol. The molecule has 0 spiro atoms. The molecule has 6 heteroatoms. The maximum Gasteiger partial charge on any atom is 0.408 e. The lowest BCUT2D eigenvalue weighted by Gasteiger charge is -2.23. The topological polar surface area (TPSA) is 68.3 Å². The lowest BCUT2D eigenvalue weighted by molar-refractivity contribution is -0.120. The van der Waals surface area contributed by atoms with Crippen LogP contribution in [0.3, 0.4) is 0 Å². The highest BCUT2D eigenvalue weighted by Crippen LogP contribution is 2.22. The molecule has 0 radical (unpaired) electrons. The van der Waals surface area contributed by atoms with E-state index in [2.05, 4.69) is 10.3 Å². The van der Waals surface area contributed by atoms with Gasteiger partial charge in [0.05, 0.1) is 6.04 Å². The molecule has 32 heavy (non-hydrogen) atoms. The Morgan fingerprint density at radius 1 is 1.00 bits per heavy atom. The van der Waals surface area contributed by atoms with Crippen LogP contribution in [-0.4, -0.2) is 28.5 Å². The van der Waals surface area contributed by atoms with Crippen LogP contribution in [0.15, 0.2) is 73.1 Å². The molecule has 0 fully saturated rings. The van der Waals surface area contributed by atoms with Crippen molar-refractivity contribution in [3.05, 3.63) is 90.0 Å². The first-order valence-corrected chi connectivity index (χ1v) is 10.5. The predicted octanol–water partition coefficient (Wildman–Crippen LogP) is 5.14. The maximum absolute atomic E-state index is 14.5. The number of carbonyl (C=O) groups excluding carboxylic acids is 2. The van der Waals surface area contributed by atoms with Crippen LogP contribution >= 0.6 is 0 Å². The summed E-state index contributed by atoms with van der Waals surface area (Å²) in [5.74, 6) is -0.766. The van der Waals surface area contributed by atoms with Gasteiger partial charge in [0.1, 0.15) is 11.4 Å². The normalized spacial score (nSPS) is 12.1. The summed E-state index contributed by atoms with van der Waals surface area (Å²) in [6.07, 6.45) is 2.76. The van der Waals surface area contributed by atoms with E-state index in [1.807, 2.05) is 42.5 Å². The van der Waals surface area contributed by atoms with Crippen LogP contribution in [-0.2, 0) is 22.4 Å². The van der Waals surface area contributed by atoms with E-state index in [1.54, 1.807) is 45.3 Å². The molecule has 0 saturated heterocycles. The zero-order chi connectivity index (χ0) is 23.1. The number of aromatic nitrogens is 1. The number of nitrogens with zero attached hydrogens (tertiary/aromatic N) is 1. The van der Waals surface area contributed by atoms with E-state index in [0.717, 1.165) is 16.7 Å². The maximum atomic E-state index is 14.5. The number of carbonyl (C=O) groups is 2. The molecule has 1 N–H and O–H groups in total. The number of benzene rings is 2. The summed E-state index contributed by atoms with van der Waals surface area (Å²) in [6.45, 7) is 5.25. The molecule has 0 aliphatic heterocycles. The van der Waals surface area contributed by atoms with Crippen molar-refractivity contribution < 1.29 is 18.7 Å². The number of amides is 1. The van der Waals surface area contributed by atoms with Gasteiger partial charge < -0.3 is 10.1 Å². The van der Waals surface area contributed by atoms with E-state index in [-0.39, 0.29) is 24.2 Å². The second-order valence-electron chi connectivity index (χ2n) is 8.57. The molecule has 1 atom stereocenters. The lowest BCUT2D eigenvalue weighted by atomic mass is 9.95. The first-order valence-electron chi connectivity index (χ1n) is 10.5. The summed E-state index contributed by atoms with van der Waals surface area (Å²) >= 11 is 0. The highest BCUT2D eigenvalue weighted by atomic mass is 19.1. The summed E-state index contributed by atoms with van der Waals surface area (Å²) in [7, 11) is 0. The van der Waals surface area contributed by atoms with E-state index in [9.17, 15) is 14.0 Å². The van der Waals surface area contributed by atoms with E-state index in [4.69, 9.17) is 4.74 Å². The molecule has 166 valence electrons. The fourth-order valence-electron chi connectivity index (χ4n) is 3.29. The molecule has 3 rings (SSSR count). The molecule has 1 aromatic heterocycles. The fourth-order valence-corrected chi connectivity index (χ4v) is 3.29. The number of halogens is 1. The molecule has 0 aliphatic carbocycles. The van der Waals surface area contributed by atoms with E-state index >= 15 is 0 Å². The molecular formula is C26H27FN2O3. The van der Waals surface area contributed by atoms with Crippen molar-refractivity contribution in [2.45, 2.75) is 45.3 Å². The number of nitrogens with one attached hydrogen (secondary N) is 1. The quantitative estimate of drug-likeness (QED) is 0.559. The van der Waals surface area contributed by atoms with Gasteiger partial charge in [-0.25, -0.2) is 9.18 Å². The van der Waals surface area contributed by atoms with Crippen molar-refractivity contribution >= 4 is 11.9 Å². The van der Waals surface area contributed by atoms with Crippen LogP contribution in [0.1, 0.15) is 31.9 Å². The summed E-state index contributed by atoms with van der Waals surface area (Å²) in [5, 5.41) is 2.67. The van der Waals surface area contributed by atoms with E-state index in [1.165, 1.54) is 6.07 Å². The third-order valence-electron chi connectivity index (χ3n) is 4.79. The number of alkyl carbamates (subject to hydrolysis) is 1. The van der Waals surface area contributed by atoms with Crippen LogP contribution in [0.5, 0.6) is 0 Å². The first-order chi connectivity index (χ1) is 15.2. The second-order valence-corrected chi connectivity index (χ2v) is 8.57. The number of ketones is 1. The van der Waals surface area contributed by atoms with Crippen LogP contribution < -0.4 is 5.32 Å². The highest BCUT2D eigenvalue weighted by molar-refractivity contribution is 5.89. The summed E-state index contributed by atoms with van der Waals surface area (Å²) in [4.78, 5) is 29.5. The van der Waals surface area contributed by atoms with Crippen molar-refractivity contribution in [3.63, 3.8) is 0 Å². The van der Waals surface area contributed by atoms with Gasteiger partial charge in [-0.3, -0.25) is 9.78 Å². The second kappa shape index (κ2) is 10.2. The number of hydrogen-bond donors (Lipinski definition) is 1. The van der Waals surface area contributed by atoms with Crippen molar-refractivity contribution in [2.24, 2.45) is 0 Å². The number of ether oxygens (including phenoxy) is 1. The molecule has 2 aromatic carbocycles. The number of hydrogen-bond acceptors (Lipinski definition) is 4. The number of rotatable bonds is 7. The minimum Gasteiger partial charge on any atom is -0.444 e. The van der Waals surface area contributed by atoms with E-state index < -0.39 is 23.6 Å². The molecule has 3 aromatic rings. The largest absolute Gasteiger partial charge is 0.444 e. The van der Waals surface area contributed by atoms with Gasteiger partial charge in [0.2, 0.25) is 0 Å². The SMILES string of the molecule is CC(C)(C)OC(=O)N[C@@H](Cc1ccccc1)C(=O)Cc1cc(-c2ccncc2)ccc1F. The Kier molecular flexibility index (Phi) is 7.36. The molecule has 0 saturated carbocycles. The Morgan fingerprint density at radius 2 is 1.69 bits per heavy atom. The molecular weight excluding hydrogens is 407 g/mol. The van der Waals surface area contributed by atoms with Gasteiger partial charge in [-0.05, 0) is 73.7 Å². The van der Waals surface area contributed by atoms with Crippen molar-refractivity contribution in [1.29, 1.82) is 0 Å². The average Bonchev–Trinajstić information content (AvgIpc) is 2.75. The molecule has 0 aliphatic rings. The van der Waals surface area contributed by atoms with Crippen LogP contribution in [0, 0.1) is 5.82 Å². The minimum atomic E-state index is -0.851. The van der Waals surface area contributed by atoms with Gasteiger partial charge >= 0.3 is 6.09 Å². The Bertz CT molecular complexity index is 1060. The number of pyridine rings is 1. The average molecular weight is 435 g/mol. The fraction of sp³-hybridized carbons (Fsp3) is 0.269. The molecule has 5 nitrogen and oxygen atoms in total. The number of Topliss-reactive ketones (excluding diaryl/α,β-unsaturated/α-hetero) is 1. The smallest absolute Gasteiger partial charge is 0.408 e. The molecule has 1 amide bonds. The predicted molar refractivity (Wildman–Crippen MR) is 122 cm³/mol. The molecule has 0 unspecified atom stereocenters. The zero-order valence-electron chi connectivity index (χ0n) is 18.5. The van der Waals surface area contributed by atoms with Gasteiger partial charge in [-0.1, -0.05) is 36.4 Å². The van der Waals surface area contributed by atoms with Crippen LogP contribution in [0.25, 0.3) is 11.1 Å². The van der Waals surface area contributed by atoms with Crippen molar-refractivity contribution in [1.82, 2.24) is 10.3 Å². The third kappa shape index (κ3) is 6.74. The van der Waals surface area contributed by atoms with Gasteiger partial charge in [-0.2, -0.15) is 0 Å². The lowest BCUT2D eigenvalue weighted by Crippen LogP contribution is -2.45. The standard InChI is InChI=1S/C26H27FN2O3/c1-26(2,3)32-25(31)29-23(15-18-7-5-4-6-8-18)24(30)17-21-16-20(9-10-22(21)27)19-11-13-28-14-12-19/h4-14,16,23H,15,17H2,1-3H3,(H,29,31)/t23-/m0/s1. The molecule has 1 heterocycles. The Labute approximate surface area is 187 Å². The van der Waals surface area contributed by atoms with Gasteiger partial charge in [-0.15, -0.1) is 0 Å². The summed E-state index contributed by atoms with van der Waals surface area (Å²) < 4.78 is 19.9. The van der Waals surface area contributed by atoms with Gasteiger partial charge in [0.15, 0.2) is 5.78 Å². The Balaban J connectivity index is 1.82. The van der Waals surface area contributed by atoms with Crippen LogP contribution in [0.2, 0.25) is 0 Å². The van der Waals surface area contributed by atoms with Crippen molar-refractivity contribution in [3.8, 4) is 11.1 Å². The third-order valence-corrected chi connectivity index (χ3v) is 4.79. The van der Waals surface area contributed by atoms with E-state index in [0.29, 0.717) is 0 Å². The Hall–Kier alpha value is -3.54. The van der Waals surface area contributed by atoms with Crippen molar-refractivity contribution in [2.75, 3.05) is 0 Å². The van der Waals surface area contributed by atoms with Crippen LogP contribution in [0.4, 0.5) is 9.18 Å². The highest BCUT2D eigenvalue weighted by Gasteiger charge is 2.25.